The molecule has 3 heterocycles. The summed E-state index contributed by atoms with van der Waals surface area (Å²) in [5, 5.41) is 8.69. The minimum atomic E-state index is 0.377. The fourth-order valence-corrected chi connectivity index (χ4v) is 2.36. The second-order valence-electron chi connectivity index (χ2n) is 4.76. The average molecular weight is 324 g/mol. The molecule has 1 aromatic carbocycles. The second-order valence-corrected chi connectivity index (χ2v) is 5.17. The quantitative estimate of drug-likeness (QED) is 0.575. The number of hydrogen-bond acceptors (Lipinski definition) is 5. The lowest BCUT2D eigenvalue weighted by Crippen LogP contribution is -1.97. The van der Waals surface area contributed by atoms with Crippen molar-refractivity contribution in [1.82, 2.24) is 24.9 Å². The Bertz CT molecular complexity index is 931. The van der Waals surface area contributed by atoms with Crippen molar-refractivity contribution in [3.8, 4) is 28.7 Å². The molecule has 112 valence electrons. The molecule has 6 nitrogen and oxygen atoms in total. The number of rotatable bonds is 3. The van der Waals surface area contributed by atoms with Crippen LogP contribution in [0.3, 0.4) is 0 Å². The zero-order valence-corrected chi connectivity index (χ0v) is 12.6. The molecule has 0 radical (unpaired) electrons. The van der Waals surface area contributed by atoms with Crippen molar-refractivity contribution >= 4 is 11.6 Å². The molecule has 0 amide bonds. The number of aromatic nitrogens is 5. The van der Waals surface area contributed by atoms with E-state index in [0.717, 1.165) is 5.56 Å². The topological polar surface area (TPSA) is 69.6 Å². The molecule has 0 unspecified atom stereocenters. The molecular weight excluding hydrogens is 314 g/mol. The molecule has 0 aliphatic rings. The minimum Gasteiger partial charge on any atom is -0.334 e. The van der Waals surface area contributed by atoms with Gasteiger partial charge >= 0.3 is 0 Å². The van der Waals surface area contributed by atoms with Crippen molar-refractivity contribution in [2.75, 3.05) is 0 Å². The summed E-state index contributed by atoms with van der Waals surface area (Å²) in [5.74, 6) is 1.55. The maximum absolute atomic E-state index is 6.14. The number of benzene rings is 1. The van der Waals surface area contributed by atoms with E-state index in [1.165, 1.54) is 0 Å². The molecule has 4 aromatic rings. The van der Waals surface area contributed by atoms with Crippen molar-refractivity contribution < 1.29 is 4.52 Å². The third kappa shape index (κ3) is 2.60. The van der Waals surface area contributed by atoms with E-state index in [9.17, 15) is 0 Å². The van der Waals surface area contributed by atoms with Gasteiger partial charge in [0.05, 0.1) is 10.6 Å². The predicted octanol–water partition coefficient (Wildman–Crippen LogP) is 3.64. The van der Waals surface area contributed by atoms with Gasteiger partial charge in [0.25, 0.3) is 5.89 Å². The average Bonchev–Trinajstić information content (AvgIpc) is 3.27. The third-order valence-electron chi connectivity index (χ3n) is 3.28. The Hall–Kier alpha value is -2.99. The molecule has 4 rings (SSSR count). The molecular formula is C16H10ClN5O. The monoisotopic (exact) mass is 323 g/mol. The maximum Gasteiger partial charge on any atom is 0.259 e. The van der Waals surface area contributed by atoms with Gasteiger partial charge in [-0.05, 0) is 30.3 Å². The highest BCUT2D eigenvalue weighted by atomic mass is 35.5. The zero-order chi connectivity index (χ0) is 15.6. The summed E-state index contributed by atoms with van der Waals surface area (Å²) in [6.07, 6.45) is 5.20. The summed E-state index contributed by atoms with van der Waals surface area (Å²) in [7, 11) is 0. The van der Waals surface area contributed by atoms with Crippen LogP contribution in [0.1, 0.15) is 0 Å². The first kappa shape index (κ1) is 13.7. The SMILES string of the molecule is Clc1ccccc1-c1nc(-c2ccc(-n3cccn3)nc2)no1. The highest BCUT2D eigenvalue weighted by molar-refractivity contribution is 6.33. The Morgan fingerprint density at radius 1 is 1.04 bits per heavy atom. The van der Waals surface area contributed by atoms with E-state index in [4.69, 9.17) is 16.1 Å². The van der Waals surface area contributed by atoms with E-state index in [1.807, 2.05) is 42.6 Å². The van der Waals surface area contributed by atoms with Gasteiger partial charge in [-0.25, -0.2) is 9.67 Å². The molecule has 0 atom stereocenters. The number of halogens is 1. The summed E-state index contributed by atoms with van der Waals surface area (Å²) < 4.78 is 6.97. The molecule has 7 heteroatoms. The Kier molecular flexibility index (Phi) is 3.36. The van der Waals surface area contributed by atoms with E-state index in [-0.39, 0.29) is 0 Å². The largest absolute Gasteiger partial charge is 0.334 e. The molecule has 0 spiro atoms. The van der Waals surface area contributed by atoms with Crippen LogP contribution in [0.4, 0.5) is 0 Å². The third-order valence-corrected chi connectivity index (χ3v) is 3.61. The van der Waals surface area contributed by atoms with Gasteiger partial charge in [0.15, 0.2) is 5.82 Å². The summed E-state index contributed by atoms with van der Waals surface area (Å²) in [6, 6.07) is 12.9. The molecule has 0 fully saturated rings. The normalized spacial score (nSPS) is 10.8. The van der Waals surface area contributed by atoms with Crippen LogP contribution in [-0.4, -0.2) is 24.9 Å². The Morgan fingerprint density at radius 2 is 1.96 bits per heavy atom. The fraction of sp³-hybridized carbons (Fsp3) is 0. The highest BCUT2D eigenvalue weighted by Crippen LogP contribution is 2.27. The number of hydrogen-bond donors (Lipinski definition) is 0. The summed E-state index contributed by atoms with van der Waals surface area (Å²) in [5.41, 5.74) is 1.46. The smallest absolute Gasteiger partial charge is 0.259 e. The first-order valence-electron chi connectivity index (χ1n) is 6.86. The molecule has 0 N–H and O–H groups in total. The van der Waals surface area contributed by atoms with Crippen LogP contribution in [0.2, 0.25) is 5.02 Å². The van der Waals surface area contributed by atoms with E-state index >= 15 is 0 Å². The highest BCUT2D eigenvalue weighted by Gasteiger charge is 2.13. The van der Waals surface area contributed by atoms with Gasteiger partial charge < -0.3 is 4.52 Å². The number of pyridine rings is 1. The van der Waals surface area contributed by atoms with Crippen molar-refractivity contribution in [3.05, 3.63) is 66.1 Å². The van der Waals surface area contributed by atoms with Crippen LogP contribution in [0.5, 0.6) is 0 Å². The lowest BCUT2D eigenvalue weighted by Gasteiger charge is -2.00. The van der Waals surface area contributed by atoms with Crippen LogP contribution in [0.15, 0.2) is 65.6 Å². The lowest BCUT2D eigenvalue weighted by atomic mass is 10.2. The summed E-state index contributed by atoms with van der Waals surface area (Å²) >= 11 is 6.14. The van der Waals surface area contributed by atoms with Gasteiger partial charge in [0.2, 0.25) is 5.82 Å². The van der Waals surface area contributed by atoms with Crippen LogP contribution < -0.4 is 0 Å². The van der Waals surface area contributed by atoms with E-state index < -0.39 is 0 Å². The molecule has 0 aliphatic heterocycles. The Labute approximate surface area is 136 Å². The molecule has 0 saturated heterocycles. The molecule has 0 saturated carbocycles. The second kappa shape index (κ2) is 5.66. The van der Waals surface area contributed by atoms with Crippen LogP contribution >= 0.6 is 11.6 Å². The molecule has 0 aliphatic carbocycles. The Balaban J connectivity index is 1.66. The van der Waals surface area contributed by atoms with Gasteiger partial charge in [-0.3, -0.25) is 0 Å². The first-order chi connectivity index (χ1) is 11.3. The van der Waals surface area contributed by atoms with E-state index in [2.05, 4.69) is 20.2 Å². The van der Waals surface area contributed by atoms with Crippen molar-refractivity contribution in [2.45, 2.75) is 0 Å². The zero-order valence-electron chi connectivity index (χ0n) is 11.8. The molecule has 23 heavy (non-hydrogen) atoms. The summed E-state index contributed by atoms with van der Waals surface area (Å²) in [6.45, 7) is 0. The van der Waals surface area contributed by atoms with Gasteiger partial charge in [0, 0.05) is 24.2 Å². The van der Waals surface area contributed by atoms with E-state index in [1.54, 1.807) is 23.1 Å². The van der Waals surface area contributed by atoms with Gasteiger partial charge in [0.1, 0.15) is 0 Å². The van der Waals surface area contributed by atoms with Crippen molar-refractivity contribution in [1.29, 1.82) is 0 Å². The maximum atomic E-state index is 6.14. The molecule has 3 aromatic heterocycles. The van der Waals surface area contributed by atoms with Crippen LogP contribution in [0.25, 0.3) is 28.7 Å². The first-order valence-corrected chi connectivity index (χ1v) is 7.24. The van der Waals surface area contributed by atoms with Crippen molar-refractivity contribution in [2.24, 2.45) is 0 Å². The van der Waals surface area contributed by atoms with Crippen molar-refractivity contribution in [3.63, 3.8) is 0 Å². The van der Waals surface area contributed by atoms with Crippen LogP contribution in [0, 0.1) is 0 Å². The van der Waals surface area contributed by atoms with E-state index in [0.29, 0.717) is 28.1 Å². The number of nitrogens with zero attached hydrogens (tertiary/aromatic N) is 5. The fourth-order valence-electron chi connectivity index (χ4n) is 2.14. The standard InChI is InChI=1S/C16H10ClN5O/c17-13-5-2-1-4-12(13)16-20-15(21-23-16)11-6-7-14(18-10-11)22-9-3-8-19-22/h1-10H. The minimum absolute atomic E-state index is 0.377. The Morgan fingerprint density at radius 3 is 2.70 bits per heavy atom. The predicted molar refractivity (Wildman–Crippen MR) is 85.1 cm³/mol. The van der Waals surface area contributed by atoms with Crippen LogP contribution in [-0.2, 0) is 0 Å². The molecule has 0 bridgehead atoms. The lowest BCUT2D eigenvalue weighted by molar-refractivity contribution is 0.432. The summed E-state index contributed by atoms with van der Waals surface area (Å²) in [4.78, 5) is 8.73. The van der Waals surface area contributed by atoms with Gasteiger partial charge in [-0.1, -0.05) is 28.9 Å². The van der Waals surface area contributed by atoms with Gasteiger partial charge in [-0.15, -0.1) is 0 Å². The van der Waals surface area contributed by atoms with Gasteiger partial charge in [-0.2, -0.15) is 10.1 Å².